The van der Waals surface area contributed by atoms with Crippen LogP contribution in [0, 0.1) is 5.92 Å². The van der Waals surface area contributed by atoms with E-state index < -0.39 is 0 Å². The molecule has 0 aromatic rings. The maximum Gasteiger partial charge on any atom is 0.0116 e. The van der Waals surface area contributed by atoms with Gasteiger partial charge < -0.3 is 10.2 Å². The summed E-state index contributed by atoms with van der Waals surface area (Å²) in [4.78, 5) is 2.63. The van der Waals surface area contributed by atoms with E-state index >= 15 is 0 Å². The predicted octanol–water partition coefficient (Wildman–Crippen LogP) is 2.20. The highest BCUT2D eigenvalue weighted by atomic mass is 32.2. The van der Waals surface area contributed by atoms with Gasteiger partial charge in [-0.05, 0) is 38.3 Å². The molecule has 0 amide bonds. The number of nitrogens with zero attached hydrogens (tertiary/aromatic N) is 1. The maximum absolute atomic E-state index is 3.59. The molecule has 16 heavy (non-hydrogen) atoms. The van der Waals surface area contributed by atoms with Crippen LogP contribution >= 0.6 is 11.8 Å². The summed E-state index contributed by atoms with van der Waals surface area (Å²) in [7, 11) is 0. The highest BCUT2D eigenvalue weighted by Crippen LogP contribution is 2.30. The molecule has 1 N–H and O–H groups in total. The van der Waals surface area contributed by atoms with Gasteiger partial charge in [-0.25, -0.2) is 0 Å². The first kappa shape index (κ1) is 12.7. The Bertz CT molecular complexity index is 214. The lowest BCUT2D eigenvalue weighted by Crippen LogP contribution is -2.34. The Morgan fingerprint density at radius 2 is 2.12 bits per heavy atom. The number of nitrogens with one attached hydrogen (secondary N) is 1. The third-order valence-corrected chi connectivity index (χ3v) is 5.04. The molecule has 0 aromatic carbocycles. The molecule has 1 aliphatic carbocycles. The summed E-state index contributed by atoms with van der Waals surface area (Å²) in [6.45, 7) is 11.0. The van der Waals surface area contributed by atoms with Crippen LogP contribution in [-0.4, -0.2) is 48.1 Å². The van der Waals surface area contributed by atoms with Crippen LogP contribution in [0.3, 0.4) is 0 Å². The van der Waals surface area contributed by atoms with E-state index in [4.69, 9.17) is 0 Å². The van der Waals surface area contributed by atoms with Crippen LogP contribution < -0.4 is 5.32 Å². The molecule has 3 heteroatoms. The van der Waals surface area contributed by atoms with E-state index in [1.54, 1.807) is 0 Å². The van der Waals surface area contributed by atoms with Crippen molar-refractivity contribution in [3.63, 3.8) is 0 Å². The molecule has 0 bridgehead atoms. The van der Waals surface area contributed by atoms with Gasteiger partial charge in [-0.2, -0.15) is 11.8 Å². The molecule has 0 spiro atoms. The SMILES string of the molecule is CC1(C)CCN(CCNCC2CC2)CCS1. The fraction of sp³-hybridized carbons (Fsp3) is 1.00. The molecular formula is C13H26N2S. The van der Waals surface area contributed by atoms with Gasteiger partial charge in [-0.1, -0.05) is 13.8 Å². The molecule has 1 saturated carbocycles. The van der Waals surface area contributed by atoms with Crippen LogP contribution in [0.15, 0.2) is 0 Å². The Morgan fingerprint density at radius 1 is 1.31 bits per heavy atom. The van der Waals surface area contributed by atoms with Gasteiger partial charge in [0.1, 0.15) is 0 Å². The van der Waals surface area contributed by atoms with Crippen LogP contribution in [0.4, 0.5) is 0 Å². The Kier molecular flexibility index (Phi) is 4.57. The molecule has 0 atom stereocenters. The van der Waals surface area contributed by atoms with E-state index in [0.29, 0.717) is 4.75 Å². The Balaban J connectivity index is 1.57. The predicted molar refractivity (Wildman–Crippen MR) is 73.2 cm³/mol. The summed E-state index contributed by atoms with van der Waals surface area (Å²) >= 11 is 2.14. The van der Waals surface area contributed by atoms with Crippen molar-refractivity contribution in [2.75, 3.05) is 38.5 Å². The quantitative estimate of drug-likeness (QED) is 0.744. The minimum atomic E-state index is 0.496. The number of hydrogen-bond donors (Lipinski definition) is 1. The molecule has 1 heterocycles. The third kappa shape index (κ3) is 4.64. The van der Waals surface area contributed by atoms with Crippen molar-refractivity contribution in [2.24, 2.45) is 5.92 Å². The van der Waals surface area contributed by atoms with E-state index in [1.807, 2.05) is 0 Å². The van der Waals surface area contributed by atoms with Gasteiger partial charge in [-0.15, -0.1) is 0 Å². The van der Waals surface area contributed by atoms with Gasteiger partial charge in [0.25, 0.3) is 0 Å². The lowest BCUT2D eigenvalue weighted by molar-refractivity contribution is 0.283. The van der Waals surface area contributed by atoms with E-state index in [9.17, 15) is 0 Å². The van der Waals surface area contributed by atoms with Crippen LogP contribution in [0.2, 0.25) is 0 Å². The first-order chi connectivity index (χ1) is 7.66. The molecular weight excluding hydrogens is 216 g/mol. The number of thioether (sulfide) groups is 1. The van der Waals surface area contributed by atoms with Crippen LogP contribution in [0.5, 0.6) is 0 Å². The summed E-state index contributed by atoms with van der Waals surface area (Å²) in [5.74, 6) is 2.31. The normalized spacial score (nSPS) is 26.6. The summed E-state index contributed by atoms with van der Waals surface area (Å²) in [6, 6.07) is 0. The van der Waals surface area contributed by atoms with Gasteiger partial charge in [0.15, 0.2) is 0 Å². The largest absolute Gasteiger partial charge is 0.315 e. The highest BCUT2D eigenvalue weighted by molar-refractivity contribution is 8.00. The topological polar surface area (TPSA) is 15.3 Å². The van der Waals surface area contributed by atoms with Crippen molar-refractivity contribution in [1.82, 2.24) is 10.2 Å². The van der Waals surface area contributed by atoms with Crippen molar-refractivity contribution in [3.8, 4) is 0 Å². The van der Waals surface area contributed by atoms with Crippen LogP contribution in [0.25, 0.3) is 0 Å². The Morgan fingerprint density at radius 3 is 2.88 bits per heavy atom. The van der Waals surface area contributed by atoms with Gasteiger partial charge >= 0.3 is 0 Å². The monoisotopic (exact) mass is 242 g/mol. The molecule has 1 saturated heterocycles. The van der Waals surface area contributed by atoms with E-state index in [0.717, 1.165) is 5.92 Å². The Hall–Kier alpha value is 0.270. The first-order valence-electron chi connectivity index (χ1n) is 6.73. The van der Waals surface area contributed by atoms with Crippen molar-refractivity contribution in [2.45, 2.75) is 37.9 Å². The second kappa shape index (κ2) is 5.74. The molecule has 0 aromatic heterocycles. The molecule has 0 radical (unpaired) electrons. The number of hydrogen-bond acceptors (Lipinski definition) is 3. The zero-order valence-corrected chi connectivity index (χ0v) is 11.6. The molecule has 2 nitrogen and oxygen atoms in total. The summed E-state index contributed by atoms with van der Waals surface area (Å²) < 4.78 is 0.496. The second-order valence-corrected chi connectivity index (χ2v) is 7.65. The van der Waals surface area contributed by atoms with Gasteiger partial charge in [-0.3, -0.25) is 0 Å². The van der Waals surface area contributed by atoms with Crippen molar-refractivity contribution < 1.29 is 0 Å². The second-order valence-electron chi connectivity index (χ2n) is 5.85. The van der Waals surface area contributed by atoms with E-state index in [2.05, 4.69) is 35.8 Å². The van der Waals surface area contributed by atoms with Crippen molar-refractivity contribution in [3.05, 3.63) is 0 Å². The first-order valence-corrected chi connectivity index (χ1v) is 7.71. The summed E-state index contributed by atoms with van der Waals surface area (Å²) in [5.41, 5.74) is 0. The van der Waals surface area contributed by atoms with Gasteiger partial charge in [0.05, 0.1) is 0 Å². The van der Waals surface area contributed by atoms with E-state index in [-0.39, 0.29) is 0 Å². The minimum Gasteiger partial charge on any atom is -0.315 e. The highest BCUT2D eigenvalue weighted by Gasteiger charge is 2.23. The smallest absolute Gasteiger partial charge is 0.0116 e. The van der Waals surface area contributed by atoms with Crippen molar-refractivity contribution in [1.29, 1.82) is 0 Å². The molecule has 1 aliphatic heterocycles. The van der Waals surface area contributed by atoms with E-state index in [1.165, 1.54) is 57.7 Å². The lowest BCUT2D eigenvalue weighted by Gasteiger charge is -2.22. The summed E-state index contributed by atoms with van der Waals surface area (Å²) in [5, 5.41) is 3.59. The third-order valence-electron chi connectivity index (χ3n) is 3.67. The molecule has 2 rings (SSSR count). The van der Waals surface area contributed by atoms with Gasteiger partial charge in [0.2, 0.25) is 0 Å². The molecule has 0 unspecified atom stereocenters. The summed E-state index contributed by atoms with van der Waals surface area (Å²) in [6.07, 6.45) is 4.25. The average Bonchev–Trinajstić information content (AvgIpc) is 3.02. The zero-order valence-electron chi connectivity index (χ0n) is 10.8. The number of rotatable bonds is 5. The lowest BCUT2D eigenvalue weighted by atomic mass is 10.1. The van der Waals surface area contributed by atoms with Crippen LogP contribution in [-0.2, 0) is 0 Å². The minimum absolute atomic E-state index is 0.496. The fourth-order valence-corrected chi connectivity index (χ4v) is 3.29. The van der Waals surface area contributed by atoms with Crippen LogP contribution in [0.1, 0.15) is 33.1 Å². The average molecular weight is 242 g/mol. The Labute approximate surface area is 105 Å². The fourth-order valence-electron chi connectivity index (χ4n) is 2.15. The maximum atomic E-state index is 3.59. The van der Waals surface area contributed by atoms with Crippen molar-refractivity contribution >= 4 is 11.8 Å². The molecule has 94 valence electrons. The molecule has 2 fully saturated rings. The van der Waals surface area contributed by atoms with Gasteiger partial charge in [0, 0.05) is 30.1 Å². The molecule has 2 aliphatic rings. The standard InChI is InChI=1S/C13H26N2S/c1-13(2)5-7-15(9-10-16-13)8-6-14-11-12-3-4-12/h12,14H,3-11H2,1-2H3. The zero-order chi connectivity index (χ0) is 11.4.